The fourth-order valence-corrected chi connectivity index (χ4v) is 2.84. The van der Waals surface area contributed by atoms with Crippen molar-refractivity contribution in [3.05, 3.63) is 64.2 Å². The van der Waals surface area contributed by atoms with E-state index in [-0.39, 0.29) is 5.91 Å². The summed E-state index contributed by atoms with van der Waals surface area (Å²) in [5.41, 5.74) is 12.3. The molecular formula is C18H20N2O. The molecule has 2 aromatic carbocycles. The standard InChI is InChI=1S/C18H20N2O/c1-12-6-7-15(10-13(12)2)18(21)20-9-8-14-4-3-5-17(19)16(14)11-20/h3-7,10H,8-9,11,19H2,1-2H3. The Morgan fingerprint density at radius 3 is 2.71 bits per heavy atom. The normalized spacial score (nSPS) is 13.9. The van der Waals surface area contributed by atoms with Gasteiger partial charge in [0.1, 0.15) is 0 Å². The molecule has 0 saturated heterocycles. The number of anilines is 1. The molecule has 0 radical (unpaired) electrons. The zero-order valence-electron chi connectivity index (χ0n) is 12.5. The van der Waals surface area contributed by atoms with E-state index in [4.69, 9.17) is 5.73 Å². The molecule has 0 fully saturated rings. The van der Waals surface area contributed by atoms with Crippen molar-refractivity contribution in [3.8, 4) is 0 Å². The van der Waals surface area contributed by atoms with Gasteiger partial charge in [-0.1, -0.05) is 18.2 Å². The number of fused-ring (bicyclic) bond motifs is 1. The fraction of sp³-hybridized carbons (Fsp3) is 0.278. The summed E-state index contributed by atoms with van der Waals surface area (Å²) in [4.78, 5) is 14.6. The van der Waals surface area contributed by atoms with E-state index >= 15 is 0 Å². The summed E-state index contributed by atoms with van der Waals surface area (Å²) in [6.45, 7) is 5.45. The number of nitrogens with zero attached hydrogens (tertiary/aromatic N) is 1. The van der Waals surface area contributed by atoms with Gasteiger partial charge in [0.05, 0.1) is 0 Å². The van der Waals surface area contributed by atoms with E-state index in [1.165, 1.54) is 11.1 Å². The van der Waals surface area contributed by atoms with Crippen LogP contribution in [0.3, 0.4) is 0 Å². The third kappa shape index (κ3) is 2.51. The molecule has 0 saturated carbocycles. The lowest BCUT2D eigenvalue weighted by molar-refractivity contribution is 0.0735. The number of hydrogen-bond donors (Lipinski definition) is 1. The highest BCUT2D eigenvalue weighted by atomic mass is 16.2. The third-order valence-corrected chi connectivity index (χ3v) is 4.35. The highest BCUT2D eigenvalue weighted by Crippen LogP contribution is 2.25. The second-order valence-corrected chi connectivity index (χ2v) is 5.76. The van der Waals surface area contributed by atoms with E-state index in [2.05, 4.69) is 13.0 Å². The van der Waals surface area contributed by atoms with Gasteiger partial charge in [0, 0.05) is 24.3 Å². The van der Waals surface area contributed by atoms with Gasteiger partial charge in [0.15, 0.2) is 0 Å². The van der Waals surface area contributed by atoms with E-state index in [1.807, 2.05) is 42.2 Å². The Kier molecular flexibility index (Phi) is 3.42. The van der Waals surface area contributed by atoms with Crippen LogP contribution >= 0.6 is 0 Å². The Morgan fingerprint density at radius 1 is 1.14 bits per heavy atom. The molecule has 1 heterocycles. The summed E-state index contributed by atoms with van der Waals surface area (Å²) in [5.74, 6) is 0.0898. The van der Waals surface area contributed by atoms with Gasteiger partial charge in [-0.15, -0.1) is 0 Å². The van der Waals surface area contributed by atoms with Gasteiger partial charge >= 0.3 is 0 Å². The number of hydrogen-bond acceptors (Lipinski definition) is 2. The van der Waals surface area contributed by atoms with Crippen LogP contribution < -0.4 is 5.73 Å². The first-order valence-electron chi connectivity index (χ1n) is 7.29. The van der Waals surface area contributed by atoms with Gasteiger partial charge in [-0.25, -0.2) is 0 Å². The Hall–Kier alpha value is -2.29. The van der Waals surface area contributed by atoms with Crippen LogP contribution in [0.4, 0.5) is 5.69 Å². The maximum atomic E-state index is 12.7. The molecular weight excluding hydrogens is 260 g/mol. The van der Waals surface area contributed by atoms with Crippen LogP contribution in [-0.2, 0) is 13.0 Å². The minimum atomic E-state index is 0.0898. The summed E-state index contributed by atoms with van der Waals surface area (Å²) in [7, 11) is 0. The first-order valence-corrected chi connectivity index (χ1v) is 7.29. The molecule has 108 valence electrons. The molecule has 3 nitrogen and oxygen atoms in total. The number of nitrogens with two attached hydrogens (primary N) is 1. The maximum absolute atomic E-state index is 12.7. The molecule has 1 aliphatic heterocycles. The number of aryl methyl sites for hydroxylation is 2. The maximum Gasteiger partial charge on any atom is 0.254 e. The van der Waals surface area contributed by atoms with Gasteiger partial charge in [-0.2, -0.15) is 0 Å². The first-order chi connectivity index (χ1) is 10.1. The summed E-state index contributed by atoms with van der Waals surface area (Å²) in [6, 6.07) is 11.9. The summed E-state index contributed by atoms with van der Waals surface area (Å²) in [5, 5.41) is 0. The van der Waals surface area contributed by atoms with Crippen LogP contribution in [0.5, 0.6) is 0 Å². The van der Waals surface area contributed by atoms with Crippen molar-refractivity contribution < 1.29 is 4.79 Å². The van der Waals surface area contributed by atoms with Gasteiger partial charge in [-0.05, 0) is 60.7 Å². The van der Waals surface area contributed by atoms with E-state index in [0.29, 0.717) is 6.54 Å². The van der Waals surface area contributed by atoms with Crippen LogP contribution in [0.2, 0.25) is 0 Å². The lowest BCUT2D eigenvalue weighted by Gasteiger charge is -2.30. The lowest BCUT2D eigenvalue weighted by atomic mass is 9.97. The van der Waals surface area contributed by atoms with Gasteiger partial charge in [-0.3, -0.25) is 4.79 Å². The molecule has 3 heteroatoms. The minimum absolute atomic E-state index is 0.0898. The van der Waals surface area contributed by atoms with Crippen molar-refractivity contribution in [2.75, 3.05) is 12.3 Å². The van der Waals surface area contributed by atoms with Crippen molar-refractivity contribution in [3.63, 3.8) is 0 Å². The van der Waals surface area contributed by atoms with E-state index in [9.17, 15) is 4.79 Å². The zero-order chi connectivity index (χ0) is 15.0. The van der Waals surface area contributed by atoms with Crippen molar-refractivity contribution in [2.24, 2.45) is 0 Å². The van der Waals surface area contributed by atoms with Crippen molar-refractivity contribution >= 4 is 11.6 Å². The molecule has 0 spiro atoms. The average Bonchev–Trinajstić information content (AvgIpc) is 2.49. The van der Waals surface area contributed by atoms with Crippen LogP contribution in [0.25, 0.3) is 0 Å². The van der Waals surface area contributed by atoms with E-state index < -0.39 is 0 Å². The molecule has 0 aliphatic carbocycles. The fourth-order valence-electron chi connectivity index (χ4n) is 2.84. The average molecular weight is 280 g/mol. The quantitative estimate of drug-likeness (QED) is 0.816. The predicted molar refractivity (Wildman–Crippen MR) is 85.2 cm³/mol. The smallest absolute Gasteiger partial charge is 0.254 e. The molecule has 1 amide bonds. The molecule has 3 rings (SSSR count). The molecule has 2 aromatic rings. The van der Waals surface area contributed by atoms with Crippen LogP contribution in [0.15, 0.2) is 36.4 Å². The number of rotatable bonds is 1. The number of benzene rings is 2. The van der Waals surface area contributed by atoms with Crippen molar-refractivity contribution in [1.29, 1.82) is 0 Å². The van der Waals surface area contributed by atoms with Gasteiger partial charge < -0.3 is 10.6 Å². The van der Waals surface area contributed by atoms with Gasteiger partial charge in [0.2, 0.25) is 0 Å². The monoisotopic (exact) mass is 280 g/mol. The predicted octanol–water partition coefficient (Wildman–Crippen LogP) is 3.08. The van der Waals surface area contributed by atoms with E-state index in [0.717, 1.165) is 35.3 Å². The first kappa shape index (κ1) is 13.7. The number of carbonyl (C=O) groups is 1. The number of carbonyl (C=O) groups excluding carboxylic acids is 1. The largest absolute Gasteiger partial charge is 0.398 e. The zero-order valence-corrected chi connectivity index (χ0v) is 12.5. The van der Waals surface area contributed by atoms with E-state index in [1.54, 1.807) is 0 Å². The Bertz CT molecular complexity index is 706. The summed E-state index contributed by atoms with van der Waals surface area (Å²) < 4.78 is 0. The molecule has 2 N–H and O–H groups in total. The molecule has 1 aliphatic rings. The minimum Gasteiger partial charge on any atom is -0.398 e. The summed E-state index contributed by atoms with van der Waals surface area (Å²) >= 11 is 0. The summed E-state index contributed by atoms with van der Waals surface area (Å²) in [6.07, 6.45) is 0.872. The topological polar surface area (TPSA) is 46.3 Å². The Balaban J connectivity index is 1.87. The Labute approximate surface area is 125 Å². The number of nitrogen functional groups attached to an aromatic ring is 1. The van der Waals surface area contributed by atoms with Gasteiger partial charge in [0.25, 0.3) is 5.91 Å². The lowest BCUT2D eigenvalue weighted by Crippen LogP contribution is -2.36. The molecule has 0 aromatic heterocycles. The van der Waals surface area contributed by atoms with Crippen LogP contribution in [0.1, 0.15) is 32.6 Å². The van der Waals surface area contributed by atoms with Crippen LogP contribution in [0, 0.1) is 13.8 Å². The highest BCUT2D eigenvalue weighted by molar-refractivity contribution is 5.94. The second-order valence-electron chi connectivity index (χ2n) is 5.76. The second kappa shape index (κ2) is 5.24. The molecule has 0 atom stereocenters. The number of amides is 1. The van der Waals surface area contributed by atoms with Crippen molar-refractivity contribution in [2.45, 2.75) is 26.8 Å². The highest BCUT2D eigenvalue weighted by Gasteiger charge is 2.23. The molecule has 0 unspecified atom stereocenters. The Morgan fingerprint density at radius 2 is 1.95 bits per heavy atom. The van der Waals surface area contributed by atoms with Crippen molar-refractivity contribution in [1.82, 2.24) is 4.90 Å². The molecule has 21 heavy (non-hydrogen) atoms. The van der Waals surface area contributed by atoms with Crippen LogP contribution in [-0.4, -0.2) is 17.4 Å². The SMILES string of the molecule is Cc1ccc(C(=O)N2CCc3cccc(N)c3C2)cc1C. The third-order valence-electron chi connectivity index (χ3n) is 4.35. The molecule has 0 bridgehead atoms.